The first-order valence-corrected chi connectivity index (χ1v) is 4.95. The normalized spacial score (nSPS) is 12.8. The second kappa shape index (κ2) is 4.94. The first-order chi connectivity index (χ1) is 7.40. The number of halogens is 1. The van der Waals surface area contributed by atoms with E-state index in [-0.39, 0.29) is 11.8 Å². The molecule has 1 aromatic rings. The van der Waals surface area contributed by atoms with Gasteiger partial charge >= 0.3 is 0 Å². The van der Waals surface area contributed by atoms with Crippen LogP contribution >= 0.6 is 0 Å². The van der Waals surface area contributed by atoms with Crippen LogP contribution in [0.1, 0.15) is 25.5 Å². The molecule has 0 heterocycles. The van der Waals surface area contributed by atoms with Crippen LogP contribution in [-0.2, 0) is 4.79 Å². The zero-order chi connectivity index (χ0) is 12.3. The van der Waals surface area contributed by atoms with E-state index in [9.17, 15) is 14.3 Å². The zero-order valence-electron chi connectivity index (χ0n) is 9.20. The molecule has 0 aromatic heterocycles. The molecule has 0 radical (unpaired) electrons. The van der Waals surface area contributed by atoms with Crippen molar-refractivity contribution in [1.29, 1.82) is 0 Å². The summed E-state index contributed by atoms with van der Waals surface area (Å²) < 4.78 is 13.0. The lowest BCUT2D eigenvalue weighted by atomic mass is 10.0. The molecule has 0 aliphatic heterocycles. The number of nitrogens with one attached hydrogen (secondary N) is 1. The summed E-state index contributed by atoms with van der Waals surface area (Å²) in [4.78, 5) is 11.2. The van der Waals surface area contributed by atoms with Gasteiger partial charge in [-0.05, 0) is 31.5 Å². The number of carbonyl (C=O) groups is 1. The number of carbonyl (C=O) groups excluding carboxylic acids is 1. The molecule has 88 valence electrons. The fourth-order valence-corrected chi connectivity index (χ4v) is 1.44. The molecule has 0 aliphatic carbocycles. The number of rotatable bonds is 4. The molecule has 0 aliphatic rings. The molecule has 4 nitrogen and oxygen atoms in total. The van der Waals surface area contributed by atoms with Gasteiger partial charge in [0.25, 0.3) is 0 Å². The van der Waals surface area contributed by atoms with Gasteiger partial charge in [0.1, 0.15) is 17.6 Å². The summed E-state index contributed by atoms with van der Waals surface area (Å²) in [5, 5.41) is 12.1. The number of amides is 1. The lowest BCUT2D eigenvalue weighted by Crippen LogP contribution is -2.37. The molecule has 5 heteroatoms. The van der Waals surface area contributed by atoms with Gasteiger partial charge in [-0.3, -0.25) is 10.1 Å². The Morgan fingerprint density at radius 2 is 2.06 bits per heavy atom. The standard InChI is InChI=1S/C11H15FN2O2/c1-6(2)14-10(11(13)16)7-3-8(12)5-9(15)4-7/h3-6,10,14-15H,1-2H3,(H2,13,16). The molecular formula is C11H15FN2O2. The lowest BCUT2D eigenvalue weighted by Gasteiger charge is -2.18. The minimum atomic E-state index is -0.804. The van der Waals surface area contributed by atoms with Gasteiger partial charge in [0.2, 0.25) is 5.91 Å². The van der Waals surface area contributed by atoms with E-state index in [1.807, 2.05) is 13.8 Å². The minimum absolute atomic E-state index is 0.0166. The largest absolute Gasteiger partial charge is 0.508 e. The van der Waals surface area contributed by atoms with Crippen LogP contribution in [0.25, 0.3) is 0 Å². The summed E-state index contributed by atoms with van der Waals surface area (Å²) in [6.07, 6.45) is 0. The summed E-state index contributed by atoms with van der Waals surface area (Å²) >= 11 is 0. The maximum atomic E-state index is 13.0. The van der Waals surface area contributed by atoms with Crippen molar-refractivity contribution in [3.63, 3.8) is 0 Å². The van der Waals surface area contributed by atoms with Crippen molar-refractivity contribution in [2.24, 2.45) is 5.73 Å². The quantitative estimate of drug-likeness (QED) is 0.718. The maximum Gasteiger partial charge on any atom is 0.239 e. The average molecular weight is 226 g/mol. The Hall–Kier alpha value is -1.62. The van der Waals surface area contributed by atoms with Crippen LogP contribution in [0.2, 0.25) is 0 Å². The second-order valence-corrected chi connectivity index (χ2v) is 3.90. The molecule has 1 aromatic carbocycles. The number of hydrogen-bond donors (Lipinski definition) is 3. The van der Waals surface area contributed by atoms with Crippen LogP contribution in [0.4, 0.5) is 4.39 Å². The summed E-state index contributed by atoms with van der Waals surface area (Å²) in [7, 11) is 0. The van der Waals surface area contributed by atoms with Gasteiger partial charge in [-0.1, -0.05) is 0 Å². The topological polar surface area (TPSA) is 75.3 Å². The van der Waals surface area contributed by atoms with Crippen molar-refractivity contribution < 1.29 is 14.3 Å². The predicted molar refractivity (Wildman–Crippen MR) is 58.3 cm³/mol. The predicted octanol–water partition coefficient (Wildman–Crippen LogP) is 1.06. The van der Waals surface area contributed by atoms with Crippen molar-refractivity contribution >= 4 is 5.91 Å². The highest BCUT2D eigenvalue weighted by atomic mass is 19.1. The van der Waals surface area contributed by atoms with Crippen molar-refractivity contribution in [1.82, 2.24) is 5.32 Å². The Bertz CT molecular complexity index is 373. The molecule has 4 N–H and O–H groups in total. The molecule has 1 rings (SSSR count). The zero-order valence-corrected chi connectivity index (χ0v) is 9.20. The Kier molecular flexibility index (Phi) is 3.84. The van der Waals surface area contributed by atoms with Gasteiger partial charge in [-0.25, -0.2) is 4.39 Å². The van der Waals surface area contributed by atoms with E-state index >= 15 is 0 Å². The summed E-state index contributed by atoms with van der Waals surface area (Å²) in [5.74, 6) is -1.45. The number of phenolic OH excluding ortho intramolecular Hbond substituents is 1. The van der Waals surface area contributed by atoms with Gasteiger partial charge in [0.05, 0.1) is 0 Å². The van der Waals surface area contributed by atoms with Crippen molar-refractivity contribution in [3.8, 4) is 5.75 Å². The Morgan fingerprint density at radius 3 is 2.50 bits per heavy atom. The van der Waals surface area contributed by atoms with Gasteiger partial charge < -0.3 is 10.8 Å². The Labute approximate surface area is 93.3 Å². The Morgan fingerprint density at radius 1 is 1.44 bits per heavy atom. The fourth-order valence-electron chi connectivity index (χ4n) is 1.44. The third-order valence-electron chi connectivity index (χ3n) is 2.02. The van der Waals surface area contributed by atoms with E-state index in [1.165, 1.54) is 12.1 Å². The van der Waals surface area contributed by atoms with Gasteiger partial charge in [0, 0.05) is 12.1 Å². The fraction of sp³-hybridized carbons (Fsp3) is 0.364. The molecule has 0 saturated carbocycles. The maximum absolute atomic E-state index is 13.0. The molecule has 1 amide bonds. The van der Waals surface area contributed by atoms with Gasteiger partial charge in [-0.15, -0.1) is 0 Å². The van der Waals surface area contributed by atoms with Crippen molar-refractivity contribution in [2.45, 2.75) is 25.9 Å². The van der Waals surface area contributed by atoms with Gasteiger partial charge in [-0.2, -0.15) is 0 Å². The smallest absolute Gasteiger partial charge is 0.239 e. The SMILES string of the molecule is CC(C)NC(C(N)=O)c1cc(O)cc(F)c1. The van der Waals surface area contributed by atoms with Crippen molar-refractivity contribution in [2.75, 3.05) is 0 Å². The van der Waals surface area contributed by atoms with E-state index in [4.69, 9.17) is 5.73 Å². The van der Waals surface area contributed by atoms with Crippen LogP contribution in [-0.4, -0.2) is 17.1 Å². The molecule has 1 atom stereocenters. The minimum Gasteiger partial charge on any atom is -0.508 e. The van der Waals surface area contributed by atoms with Crippen LogP contribution in [0.3, 0.4) is 0 Å². The van der Waals surface area contributed by atoms with Crippen LogP contribution < -0.4 is 11.1 Å². The van der Waals surface area contributed by atoms with E-state index in [0.717, 1.165) is 6.07 Å². The van der Waals surface area contributed by atoms with E-state index in [1.54, 1.807) is 0 Å². The number of phenols is 1. The molecule has 0 saturated heterocycles. The lowest BCUT2D eigenvalue weighted by molar-refractivity contribution is -0.120. The molecule has 16 heavy (non-hydrogen) atoms. The van der Waals surface area contributed by atoms with Crippen LogP contribution in [0.15, 0.2) is 18.2 Å². The molecule has 0 spiro atoms. The number of aromatic hydroxyl groups is 1. The third kappa shape index (κ3) is 3.20. The Balaban J connectivity index is 3.05. The van der Waals surface area contributed by atoms with E-state index in [2.05, 4.69) is 5.32 Å². The van der Waals surface area contributed by atoms with E-state index in [0.29, 0.717) is 5.56 Å². The molecule has 0 bridgehead atoms. The highest BCUT2D eigenvalue weighted by molar-refractivity contribution is 5.81. The second-order valence-electron chi connectivity index (χ2n) is 3.90. The first-order valence-electron chi connectivity index (χ1n) is 4.95. The van der Waals surface area contributed by atoms with Crippen LogP contribution in [0.5, 0.6) is 5.75 Å². The average Bonchev–Trinajstić information content (AvgIpc) is 2.11. The summed E-state index contributed by atoms with van der Waals surface area (Å²) in [6, 6.07) is 2.67. The molecule has 1 unspecified atom stereocenters. The number of hydrogen-bond acceptors (Lipinski definition) is 3. The number of primary amides is 1. The van der Waals surface area contributed by atoms with Crippen LogP contribution in [0, 0.1) is 5.82 Å². The first kappa shape index (κ1) is 12.4. The highest BCUT2D eigenvalue weighted by Crippen LogP contribution is 2.20. The van der Waals surface area contributed by atoms with Gasteiger partial charge in [0.15, 0.2) is 0 Å². The monoisotopic (exact) mass is 226 g/mol. The summed E-state index contributed by atoms with van der Waals surface area (Å²) in [5.41, 5.74) is 5.53. The third-order valence-corrected chi connectivity index (χ3v) is 2.02. The molecular weight excluding hydrogens is 211 g/mol. The highest BCUT2D eigenvalue weighted by Gasteiger charge is 2.19. The number of benzene rings is 1. The van der Waals surface area contributed by atoms with Crippen molar-refractivity contribution in [3.05, 3.63) is 29.6 Å². The van der Waals surface area contributed by atoms with E-state index < -0.39 is 17.8 Å². The summed E-state index contributed by atoms with van der Waals surface area (Å²) in [6.45, 7) is 3.68. The number of nitrogens with two attached hydrogens (primary N) is 1. The molecule has 0 fully saturated rings.